The Morgan fingerprint density at radius 1 is 1.09 bits per heavy atom. The van der Waals surface area contributed by atoms with Gasteiger partial charge in [0, 0.05) is 36.2 Å². The number of rotatable bonds is 10. The third-order valence-corrected chi connectivity index (χ3v) is 10.7. The Labute approximate surface area is 278 Å². The standard InChI is InChI=1S/C37H37Cl2N3O2S/c1-4-30-29(23-40)21-27-9-5-6-11-32(27)36(30)37(43)41(2)24-28(26-13-14-33(38)34(39)22-26)17-20-42-18-15-25(16-19-42)31-10-7-8-12-35(31)45(3)44/h4-14,21-22,25,28H,1,15-20,24H2,2-3H3/t28-,45+/m1/s1. The Bertz CT molecular complexity index is 1790. The summed E-state index contributed by atoms with van der Waals surface area (Å²) in [6.07, 6.45) is 6.19. The van der Waals surface area contributed by atoms with E-state index in [0.29, 0.717) is 39.2 Å². The summed E-state index contributed by atoms with van der Waals surface area (Å²) >= 11 is 12.7. The summed E-state index contributed by atoms with van der Waals surface area (Å²) < 4.78 is 12.3. The molecule has 45 heavy (non-hydrogen) atoms. The largest absolute Gasteiger partial charge is 0.341 e. The van der Waals surface area contributed by atoms with Crippen LogP contribution in [-0.4, -0.2) is 59.4 Å². The van der Waals surface area contributed by atoms with E-state index in [9.17, 15) is 14.3 Å². The molecule has 1 amide bonds. The molecule has 4 aromatic carbocycles. The van der Waals surface area contributed by atoms with Gasteiger partial charge in [0.15, 0.2) is 0 Å². The third kappa shape index (κ3) is 7.34. The van der Waals surface area contributed by atoms with Gasteiger partial charge in [-0.25, -0.2) is 0 Å². The molecule has 0 bridgehead atoms. The van der Waals surface area contributed by atoms with E-state index in [2.05, 4.69) is 23.6 Å². The molecule has 4 aromatic rings. The van der Waals surface area contributed by atoms with Crippen LogP contribution in [0.2, 0.25) is 10.0 Å². The maximum Gasteiger partial charge on any atom is 0.254 e. The molecule has 1 fully saturated rings. The second kappa shape index (κ2) is 14.7. The van der Waals surface area contributed by atoms with Gasteiger partial charge in [0.25, 0.3) is 5.91 Å². The van der Waals surface area contributed by atoms with Crippen molar-refractivity contribution in [3.8, 4) is 6.07 Å². The number of carbonyl (C=O) groups is 1. The van der Waals surface area contributed by atoms with Crippen molar-refractivity contribution in [1.82, 2.24) is 9.80 Å². The molecule has 2 atom stereocenters. The average Bonchev–Trinajstić information content (AvgIpc) is 3.06. The van der Waals surface area contributed by atoms with Gasteiger partial charge in [-0.3, -0.25) is 9.00 Å². The van der Waals surface area contributed by atoms with E-state index < -0.39 is 10.8 Å². The predicted molar refractivity (Wildman–Crippen MR) is 187 cm³/mol. The quantitative estimate of drug-likeness (QED) is 0.171. The fourth-order valence-corrected chi connectivity index (χ4v) is 7.66. The van der Waals surface area contributed by atoms with Crippen LogP contribution >= 0.6 is 23.2 Å². The Morgan fingerprint density at radius 2 is 1.80 bits per heavy atom. The molecule has 5 nitrogen and oxygen atoms in total. The summed E-state index contributed by atoms with van der Waals surface area (Å²) in [6, 6.07) is 25.5. The van der Waals surface area contributed by atoms with Gasteiger partial charge in [0.2, 0.25) is 0 Å². The van der Waals surface area contributed by atoms with Crippen LogP contribution in [0.15, 0.2) is 84.3 Å². The zero-order chi connectivity index (χ0) is 32.1. The van der Waals surface area contributed by atoms with Gasteiger partial charge in [-0.05, 0) is 91.0 Å². The van der Waals surface area contributed by atoms with Crippen molar-refractivity contribution in [2.75, 3.05) is 39.5 Å². The highest BCUT2D eigenvalue weighted by molar-refractivity contribution is 7.84. The number of likely N-dealkylation sites (N-methyl/N-ethyl adjacent to an activating group) is 1. The van der Waals surface area contributed by atoms with Crippen LogP contribution in [0.25, 0.3) is 16.8 Å². The number of nitrogens with zero attached hydrogens (tertiary/aromatic N) is 3. The van der Waals surface area contributed by atoms with Gasteiger partial charge in [-0.2, -0.15) is 5.26 Å². The van der Waals surface area contributed by atoms with Crippen LogP contribution in [0.1, 0.15) is 63.7 Å². The molecule has 0 N–H and O–H groups in total. The van der Waals surface area contributed by atoms with Gasteiger partial charge in [0.05, 0.1) is 38.0 Å². The lowest BCUT2D eigenvalue weighted by molar-refractivity contribution is 0.0783. The highest BCUT2D eigenvalue weighted by Gasteiger charge is 2.27. The number of benzene rings is 4. The Hall–Kier alpha value is -3.47. The second-order valence-corrected chi connectivity index (χ2v) is 13.9. The zero-order valence-corrected chi connectivity index (χ0v) is 28.0. The first-order valence-corrected chi connectivity index (χ1v) is 17.5. The van der Waals surface area contributed by atoms with E-state index in [1.54, 1.807) is 17.2 Å². The van der Waals surface area contributed by atoms with Crippen molar-refractivity contribution >= 4 is 56.8 Å². The summed E-state index contributed by atoms with van der Waals surface area (Å²) in [6.45, 7) is 7.16. The molecule has 0 aliphatic carbocycles. The monoisotopic (exact) mass is 657 g/mol. The molecule has 1 heterocycles. The smallest absolute Gasteiger partial charge is 0.254 e. The maximum atomic E-state index is 14.1. The number of halogens is 2. The summed E-state index contributed by atoms with van der Waals surface area (Å²) in [7, 11) is 0.805. The van der Waals surface area contributed by atoms with E-state index in [1.807, 2.05) is 73.8 Å². The van der Waals surface area contributed by atoms with Crippen LogP contribution in [-0.2, 0) is 10.8 Å². The van der Waals surface area contributed by atoms with Crippen molar-refractivity contribution in [2.24, 2.45) is 0 Å². The van der Waals surface area contributed by atoms with Gasteiger partial charge in [0.1, 0.15) is 0 Å². The number of likely N-dealkylation sites (tertiary alicyclic amines) is 1. The minimum atomic E-state index is -1.01. The molecule has 0 radical (unpaired) electrons. The molecule has 1 aliphatic rings. The summed E-state index contributed by atoms with van der Waals surface area (Å²) in [4.78, 5) is 19.3. The second-order valence-electron chi connectivity index (χ2n) is 11.7. The molecule has 5 rings (SSSR count). The molecule has 0 aromatic heterocycles. The van der Waals surface area contributed by atoms with Crippen molar-refractivity contribution in [2.45, 2.75) is 36.0 Å². The molecule has 8 heteroatoms. The van der Waals surface area contributed by atoms with Crippen LogP contribution < -0.4 is 0 Å². The van der Waals surface area contributed by atoms with E-state index in [4.69, 9.17) is 23.2 Å². The molecule has 0 saturated carbocycles. The number of hydrogen-bond donors (Lipinski definition) is 0. The van der Waals surface area contributed by atoms with E-state index in [1.165, 1.54) is 5.56 Å². The molecule has 0 spiro atoms. The van der Waals surface area contributed by atoms with Crippen LogP contribution in [0.5, 0.6) is 0 Å². The number of hydrogen-bond acceptors (Lipinski definition) is 4. The highest BCUT2D eigenvalue weighted by Crippen LogP contribution is 2.34. The number of nitriles is 1. The minimum absolute atomic E-state index is 0.00673. The number of piperidine rings is 1. The lowest BCUT2D eigenvalue weighted by atomic mass is 9.88. The Morgan fingerprint density at radius 3 is 2.49 bits per heavy atom. The zero-order valence-electron chi connectivity index (χ0n) is 25.6. The van der Waals surface area contributed by atoms with Crippen molar-refractivity contribution in [3.63, 3.8) is 0 Å². The van der Waals surface area contributed by atoms with Crippen molar-refractivity contribution < 1.29 is 9.00 Å². The molecule has 232 valence electrons. The topological polar surface area (TPSA) is 64.4 Å². The predicted octanol–water partition coefficient (Wildman–Crippen LogP) is 8.52. The van der Waals surface area contributed by atoms with Crippen molar-refractivity contribution in [1.29, 1.82) is 5.26 Å². The Balaban J connectivity index is 1.35. The van der Waals surface area contributed by atoms with Crippen LogP contribution in [0, 0.1) is 11.3 Å². The van der Waals surface area contributed by atoms with E-state index in [0.717, 1.165) is 60.1 Å². The normalized spacial score (nSPS) is 15.4. The first kappa shape index (κ1) is 32.9. The molecule has 0 unspecified atom stereocenters. The van der Waals surface area contributed by atoms with Gasteiger partial charge < -0.3 is 9.80 Å². The SMILES string of the molecule is C=Cc1c(C#N)cc2ccccc2c1C(=O)N(C)C[C@@H](CCN1CCC(c2ccccc2[S@](C)=O)CC1)c1ccc(Cl)c(Cl)c1. The number of amides is 1. The fraction of sp³-hybridized carbons (Fsp3) is 0.297. The molecule has 1 aliphatic heterocycles. The summed E-state index contributed by atoms with van der Waals surface area (Å²) in [5, 5.41) is 12.5. The van der Waals surface area contributed by atoms with Gasteiger partial charge in [-0.15, -0.1) is 0 Å². The van der Waals surface area contributed by atoms with Gasteiger partial charge in [-0.1, -0.05) is 84.4 Å². The van der Waals surface area contributed by atoms with Crippen LogP contribution in [0.4, 0.5) is 0 Å². The first-order chi connectivity index (χ1) is 21.7. The minimum Gasteiger partial charge on any atom is -0.341 e. The van der Waals surface area contributed by atoms with E-state index in [-0.39, 0.29) is 11.8 Å². The maximum absolute atomic E-state index is 14.1. The van der Waals surface area contributed by atoms with Crippen LogP contribution in [0.3, 0.4) is 0 Å². The number of carbonyl (C=O) groups excluding carboxylic acids is 1. The van der Waals surface area contributed by atoms with E-state index >= 15 is 0 Å². The molecule has 1 saturated heterocycles. The third-order valence-electron chi connectivity index (χ3n) is 8.93. The molecular formula is C37H37Cl2N3O2S. The lowest BCUT2D eigenvalue weighted by Crippen LogP contribution is -2.36. The number of fused-ring (bicyclic) bond motifs is 1. The summed E-state index contributed by atoms with van der Waals surface area (Å²) in [5.41, 5.74) is 3.70. The fourth-order valence-electron chi connectivity index (χ4n) is 6.52. The summed E-state index contributed by atoms with van der Waals surface area (Å²) in [5.74, 6) is 0.248. The first-order valence-electron chi connectivity index (χ1n) is 15.1. The average molecular weight is 659 g/mol. The van der Waals surface area contributed by atoms with Gasteiger partial charge >= 0.3 is 0 Å². The lowest BCUT2D eigenvalue weighted by Gasteiger charge is -2.34. The Kier molecular flexibility index (Phi) is 10.8. The molecular weight excluding hydrogens is 621 g/mol. The highest BCUT2D eigenvalue weighted by atomic mass is 35.5. The van der Waals surface area contributed by atoms with Crippen molar-refractivity contribution in [3.05, 3.63) is 117 Å².